The molecule has 46 heavy (non-hydrogen) atoms. The number of allylic oxidation sites excluding steroid dienone is 2. The molecule has 0 aromatic heterocycles. The highest BCUT2D eigenvalue weighted by atomic mass is 16.7. The van der Waals surface area contributed by atoms with Gasteiger partial charge in [0.05, 0.1) is 30.8 Å². The highest BCUT2D eigenvalue weighted by molar-refractivity contribution is 5.76. The van der Waals surface area contributed by atoms with Gasteiger partial charge in [0, 0.05) is 5.41 Å². The summed E-state index contributed by atoms with van der Waals surface area (Å²) in [6.45, 7) is 12.6. The van der Waals surface area contributed by atoms with Crippen LogP contribution in [0.25, 0.3) is 0 Å². The van der Waals surface area contributed by atoms with Gasteiger partial charge in [-0.3, -0.25) is 4.79 Å². The van der Waals surface area contributed by atoms with Crippen LogP contribution in [0, 0.1) is 44.3 Å². The largest absolute Gasteiger partial charge is 0.481 e. The zero-order valence-corrected chi connectivity index (χ0v) is 28.5. The maximum Gasteiger partial charge on any atom is 0.312 e. The zero-order chi connectivity index (χ0) is 33.8. The minimum Gasteiger partial charge on any atom is -0.481 e. The smallest absolute Gasteiger partial charge is 0.312 e. The van der Waals surface area contributed by atoms with Crippen molar-refractivity contribution in [3.05, 3.63) is 11.1 Å². The fraction of sp³-hybridized carbons (Fsp3) is 0.917. The van der Waals surface area contributed by atoms with Crippen LogP contribution in [0.15, 0.2) is 11.1 Å². The van der Waals surface area contributed by atoms with E-state index in [0.29, 0.717) is 25.2 Å². The monoisotopic (exact) mass is 650 g/mol. The number of carbonyl (C=O) groups is 1. The fourth-order valence-corrected chi connectivity index (χ4v) is 12.1. The molecule has 0 unspecified atom stereocenters. The van der Waals surface area contributed by atoms with Crippen LogP contribution >= 0.6 is 0 Å². The van der Waals surface area contributed by atoms with E-state index < -0.39 is 66.3 Å². The van der Waals surface area contributed by atoms with Crippen LogP contribution in [-0.4, -0.2) is 97.8 Å². The third kappa shape index (κ3) is 4.53. The van der Waals surface area contributed by atoms with Gasteiger partial charge in [-0.25, -0.2) is 0 Å². The average molecular weight is 651 g/mol. The first-order valence-electron chi connectivity index (χ1n) is 17.6. The minimum atomic E-state index is -1.53. The van der Waals surface area contributed by atoms with Gasteiger partial charge in [0.15, 0.2) is 6.29 Å². The molecule has 0 spiro atoms. The lowest BCUT2D eigenvalue weighted by Gasteiger charge is -2.70. The molecule has 0 aromatic carbocycles. The molecule has 5 aliphatic carbocycles. The van der Waals surface area contributed by atoms with Gasteiger partial charge in [-0.2, -0.15) is 0 Å². The molecular weight excluding hydrogens is 592 g/mol. The SMILES string of the molecule is C[C@@]12CC[C@]3(C)C(=C1C[C@@](C)(CO)[C@H](O[C@@H]1O[C@H](CO)[C@H](O)[C@@H](O)[C@H]1O)C2)CC[C@@H]1[C@@]2(C)CC[C@H](O)[C@](C)(C(=O)O)[C@@H]2CC[C@]13C. The van der Waals surface area contributed by atoms with Crippen molar-refractivity contribution in [3.8, 4) is 0 Å². The van der Waals surface area contributed by atoms with E-state index in [1.807, 2.05) is 6.92 Å². The summed E-state index contributed by atoms with van der Waals surface area (Å²) in [4.78, 5) is 12.7. The maximum atomic E-state index is 12.7. The zero-order valence-electron chi connectivity index (χ0n) is 28.5. The highest BCUT2D eigenvalue weighted by Crippen LogP contribution is 2.75. The van der Waals surface area contributed by atoms with Gasteiger partial charge < -0.3 is 45.2 Å². The first-order chi connectivity index (χ1) is 21.4. The van der Waals surface area contributed by atoms with E-state index >= 15 is 0 Å². The van der Waals surface area contributed by atoms with Crippen LogP contribution in [0.3, 0.4) is 0 Å². The molecule has 0 radical (unpaired) electrons. The van der Waals surface area contributed by atoms with Crippen LogP contribution in [0.2, 0.25) is 0 Å². The van der Waals surface area contributed by atoms with Crippen molar-refractivity contribution in [2.45, 2.75) is 149 Å². The second-order valence-corrected chi connectivity index (χ2v) is 17.6. The predicted molar refractivity (Wildman–Crippen MR) is 168 cm³/mol. The number of carboxylic acid groups (broad SMARTS) is 1. The van der Waals surface area contributed by atoms with Gasteiger partial charge >= 0.3 is 5.97 Å². The second-order valence-electron chi connectivity index (χ2n) is 17.6. The van der Waals surface area contributed by atoms with E-state index in [1.54, 1.807) is 6.92 Å². The molecule has 1 heterocycles. The predicted octanol–water partition coefficient (Wildman–Crippen LogP) is 3.15. The van der Waals surface area contributed by atoms with Crippen molar-refractivity contribution in [3.63, 3.8) is 0 Å². The fourth-order valence-electron chi connectivity index (χ4n) is 12.1. The van der Waals surface area contributed by atoms with E-state index in [9.17, 15) is 40.5 Å². The number of carboxylic acids is 1. The van der Waals surface area contributed by atoms with Crippen LogP contribution in [-0.2, 0) is 14.3 Å². The first-order valence-corrected chi connectivity index (χ1v) is 17.6. The number of hydrogen-bond acceptors (Lipinski definition) is 9. The normalized spacial score (nSPS) is 55.5. The lowest BCUT2D eigenvalue weighted by Crippen LogP contribution is -2.66. The van der Waals surface area contributed by atoms with Crippen LogP contribution < -0.4 is 0 Å². The van der Waals surface area contributed by atoms with E-state index in [4.69, 9.17) is 9.47 Å². The summed E-state index contributed by atoms with van der Waals surface area (Å²) in [6.07, 6.45) is -0.0887. The van der Waals surface area contributed by atoms with Gasteiger partial charge in [-0.1, -0.05) is 45.8 Å². The molecule has 6 rings (SSSR count). The molecule has 6 aliphatic rings. The quantitative estimate of drug-likeness (QED) is 0.219. The summed E-state index contributed by atoms with van der Waals surface area (Å²) in [5, 5.41) is 73.3. The maximum absolute atomic E-state index is 12.7. The lowest BCUT2D eigenvalue weighted by molar-refractivity contribution is -0.324. The third-order valence-corrected chi connectivity index (χ3v) is 15.5. The van der Waals surface area contributed by atoms with Gasteiger partial charge in [0.2, 0.25) is 0 Å². The Morgan fingerprint density at radius 3 is 2.17 bits per heavy atom. The van der Waals surface area contributed by atoms with E-state index in [1.165, 1.54) is 11.1 Å². The average Bonchev–Trinajstić information content (AvgIpc) is 3.00. The van der Waals surface area contributed by atoms with Crippen LogP contribution in [0.1, 0.15) is 106 Å². The number of aliphatic hydroxyl groups is 6. The van der Waals surface area contributed by atoms with Gasteiger partial charge in [-0.05, 0) is 105 Å². The van der Waals surface area contributed by atoms with Crippen molar-refractivity contribution in [1.29, 1.82) is 0 Å². The van der Waals surface area contributed by atoms with Crippen LogP contribution in [0.4, 0.5) is 0 Å². The molecule has 15 atom stereocenters. The molecule has 1 aliphatic heterocycles. The Hall–Kier alpha value is -1.11. The Kier molecular flexibility index (Phi) is 8.46. The number of aliphatic hydroxyl groups excluding tert-OH is 6. The Balaban J connectivity index is 1.33. The number of hydrogen-bond donors (Lipinski definition) is 7. The summed E-state index contributed by atoms with van der Waals surface area (Å²) >= 11 is 0. The Morgan fingerprint density at radius 1 is 0.848 bits per heavy atom. The minimum absolute atomic E-state index is 0.0405. The van der Waals surface area contributed by atoms with E-state index in [-0.39, 0.29) is 34.2 Å². The standard InChI is InChI=1S/C36H58O10/c1-31-13-14-34(4)19(7-8-22-33(3)11-10-24(39)36(6,30(43)44)23(33)9-12-35(22,34)5)20(31)15-32(2,18-38)25(16-31)46-29-28(42)27(41)26(40)21(17-37)45-29/h21-29,37-42H,7-18H2,1-6H3,(H,43,44)/t21-,22-,23-,24+,25-,26+,27-,28-,29+,31+,32+,33-,34-,35-,36-/m1/s1. The van der Waals surface area contributed by atoms with Crippen molar-refractivity contribution in [1.82, 2.24) is 0 Å². The lowest BCUT2D eigenvalue weighted by atomic mass is 9.34. The summed E-state index contributed by atoms with van der Waals surface area (Å²) in [5.74, 6) is -0.638. The molecule has 262 valence electrons. The molecule has 0 bridgehead atoms. The molecule has 10 nitrogen and oxygen atoms in total. The van der Waals surface area contributed by atoms with E-state index in [0.717, 1.165) is 44.9 Å². The number of fused-ring (bicyclic) bond motifs is 6. The second kappa shape index (κ2) is 11.2. The van der Waals surface area contributed by atoms with Crippen molar-refractivity contribution in [2.75, 3.05) is 13.2 Å². The number of aliphatic carboxylic acids is 1. The summed E-state index contributed by atoms with van der Waals surface area (Å²) in [7, 11) is 0. The van der Waals surface area contributed by atoms with Crippen molar-refractivity contribution < 1.29 is 50.0 Å². The third-order valence-electron chi connectivity index (χ3n) is 15.5. The van der Waals surface area contributed by atoms with Gasteiger partial charge in [-0.15, -0.1) is 0 Å². The van der Waals surface area contributed by atoms with E-state index in [2.05, 4.69) is 27.7 Å². The molecule has 0 aromatic rings. The molecular formula is C36H58O10. The Bertz CT molecular complexity index is 1250. The summed E-state index contributed by atoms with van der Waals surface area (Å²) in [6, 6.07) is 0. The van der Waals surface area contributed by atoms with Gasteiger partial charge in [0.25, 0.3) is 0 Å². The first kappa shape index (κ1) is 34.7. The van der Waals surface area contributed by atoms with Crippen molar-refractivity contribution >= 4 is 5.97 Å². The molecule has 1 saturated heterocycles. The number of ether oxygens (including phenoxy) is 2. The Labute approximate surface area is 273 Å². The summed E-state index contributed by atoms with van der Waals surface area (Å²) in [5.41, 5.74) is 0.526. The summed E-state index contributed by atoms with van der Waals surface area (Å²) < 4.78 is 12.1. The topological polar surface area (TPSA) is 177 Å². The molecule has 4 saturated carbocycles. The van der Waals surface area contributed by atoms with Crippen molar-refractivity contribution in [2.24, 2.45) is 44.3 Å². The molecule has 0 amide bonds. The van der Waals surface area contributed by atoms with Gasteiger partial charge in [0.1, 0.15) is 24.4 Å². The molecule has 5 fully saturated rings. The number of rotatable bonds is 5. The Morgan fingerprint density at radius 2 is 1.54 bits per heavy atom. The highest BCUT2D eigenvalue weighted by Gasteiger charge is 2.69. The van der Waals surface area contributed by atoms with Crippen LogP contribution in [0.5, 0.6) is 0 Å². The molecule has 10 heteroatoms. The molecule has 7 N–H and O–H groups in total.